The van der Waals surface area contributed by atoms with Gasteiger partial charge < -0.3 is 9.84 Å². The number of carboxylic acids is 1. The molecule has 0 bridgehead atoms. The van der Waals surface area contributed by atoms with E-state index in [1.807, 2.05) is 6.92 Å². The van der Waals surface area contributed by atoms with Crippen LogP contribution in [0.2, 0.25) is 5.02 Å². The summed E-state index contributed by atoms with van der Waals surface area (Å²) in [5, 5.41) is 9.05. The second kappa shape index (κ2) is 5.41. The Morgan fingerprint density at radius 2 is 2.33 bits per heavy atom. The van der Waals surface area contributed by atoms with E-state index in [0.717, 1.165) is 6.08 Å². The van der Waals surface area contributed by atoms with Crippen LogP contribution in [0.4, 0.5) is 0 Å². The molecule has 0 heterocycles. The number of hydrogen-bond acceptors (Lipinski definition) is 2. The third kappa shape index (κ3) is 3.64. The van der Waals surface area contributed by atoms with Crippen molar-refractivity contribution in [2.24, 2.45) is 0 Å². The number of halogens is 1. The van der Waals surface area contributed by atoms with Crippen LogP contribution >= 0.6 is 11.6 Å². The van der Waals surface area contributed by atoms with Crippen molar-refractivity contribution in [2.75, 3.05) is 6.61 Å². The number of aliphatic carboxylic acids is 1. The Morgan fingerprint density at radius 3 is 2.93 bits per heavy atom. The van der Waals surface area contributed by atoms with Crippen LogP contribution in [0, 0.1) is 0 Å². The number of hydrogen-bond donors (Lipinski definition) is 1. The summed E-state index contributed by atoms with van der Waals surface area (Å²) in [7, 11) is 0. The van der Waals surface area contributed by atoms with Gasteiger partial charge in [0, 0.05) is 16.7 Å². The highest BCUT2D eigenvalue weighted by Crippen LogP contribution is 2.24. The van der Waals surface area contributed by atoms with Crippen molar-refractivity contribution in [1.29, 1.82) is 0 Å². The zero-order valence-electron chi connectivity index (χ0n) is 8.24. The summed E-state index contributed by atoms with van der Waals surface area (Å²) in [6, 6.07) is 5.07. The fourth-order valence-electron chi connectivity index (χ4n) is 1.10. The molecule has 0 fully saturated rings. The molecule has 0 aliphatic carbocycles. The van der Waals surface area contributed by atoms with Crippen molar-refractivity contribution in [1.82, 2.24) is 0 Å². The van der Waals surface area contributed by atoms with E-state index in [1.54, 1.807) is 18.2 Å². The first-order valence-corrected chi connectivity index (χ1v) is 4.84. The van der Waals surface area contributed by atoms with Gasteiger partial charge >= 0.3 is 5.97 Å². The Morgan fingerprint density at radius 1 is 1.60 bits per heavy atom. The minimum Gasteiger partial charge on any atom is -0.493 e. The van der Waals surface area contributed by atoms with E-state index in [4.69, 9.17) is 21.4 Å². The van der Waals surface area contributed by atoms with E-state index < -0.39 is 5.97 Å². The Labute approximate surface area is 92.9 Å². The molecular weight excluding hydrogens is 216 g/mol. The summed E-state index contributed by atoms with van der Waals surface area (Å²) >= 11 is 5.80. The summed E-state index contributed by atoms with van der Waals surface area (Å²) in [6.07, 6.45) is 2.51. The van der Waals surface area contributed by atoms with Gasteiger partial charge in [0.25, 0.3) is 0 Å². The van der Waals surface area contributed by atoms with Crippen molar-refractivity contribution in [2.45, 2.75) is 6.92 Å². The average molecular weight is 227 g/mol. The quantitative estimate of drug-likeness (QED) is 0.803. The fourth-order valence-corrected chi connectivity index (χ4v) is 1.28. The third-order valence-corrected chi connectivity index (χ3v) is 1.91. The second-order valence-electron chi connectivity index (χ2n) is 2.79. The van der Waals surface area contributed by atoms with Crippen LogP contribution in [-0.2, 0) is 4.79 Å². The second-order valence-corrected chi connectivity index (χ2v) is 3.22. The van der Waals surface area contributed by atoms with Crippen LogP contribution < -0.4 is 4.74 Å². The van der Waals surface area contributed by atoms with Crippen molar-refractivity contribution in [3.63, 3.8) is 0 Å². The standard InChI is InChI=1S/C11H11ClO3/c1-2-15-10-5-4-9(12)7-8(10)3-6-11(13)14/h3-7H,2H2,1H3,(H,13,14). The predicted molar refractivity (Wildman–Crippen MR) is 59.3 cm³/mol. The molecule has 0 aromatic heterocycles. The van der Waals surface area contributed by atoms with E-state index in [2.05, 4.69) is 0 Å². The van der Waals surface area contributed by atoms with Gasteiger partial charge in [-0.1, -0.05) is 11.6 Å². The highest BCUT2D eigenvalue weighted by Gasteiger charge is 2.01. The minimum atomic E-state index is -1.00. The molecule has 1 rings (SSSR count). The first kappa shape index (κ1) is 11.6. The maximum absolute atomic E-state index is 10.4. The van der Waals surface area contributed by atoms with Crippen molar-refractivity contribution in [3.05, 3.63) is 34.9 Å². The average Bonchev–Trinajstić information content (AvgIpc) is 2.18. The van der Waals surface area contributed by atoms with E-state index in [0.29, 0.717) is 22.9 Å². The maximum atomic E-state index is 10.4. The van der Waals surface area contributed by atoms with Crippen molar-refractivity contribution >= 4 is 23.6 Å². The summed E-state index contributed by atoms with van der Waals surface area (Å²) in [5.74, 6) is -0.378. The van der Waals surface area contributed by atoms with Crippen LogP contribution in [0.5, 0.6) is 5.75 Å². The fraction of sp³-hybridized carbons (Fsp3) is 0.182. The summed E-state index contributed by atoms with van der Waals surface area (Å²) in [4.78, 5) is 10.4. The molecule has 0 saturated carbocycles. The molecule has 0 spiro atoms. The number of carbonyl (C=O) groups is 1. The topological polar surface area (TPSA) is 46.5 Å². The minimum absolute atomic E-state index is 0.523. The van der Waals surface area contributed by atoms with Crippen LogP contribution in [-0.4, -0.2) is 17.7 Å². The maximum Gasteiger partial charge on any atom is 0.328 e. The lowest BCUT2D eigenvalue weighted by Crippen LogP contribution is -1.94. The van der Waals surface area contributed by atoms with Crippen molar-refractivity contribution < 1.29 is 14.6 Å². The first-order chi connectivity index (χ1) is 7.13. The Bertz CT molecular complexity index is 385. The highest BCUT2D eigenvalue weighted by molar-refractivity contribution is 6.30. The smallest absolute Gasteiger partial charge is 0.328 e. The van der Waals surface area contributed by atoms with Gasteiger partial charge in [-0.15, -0.1) is 0 Å². The van der Waals surface area contributed by atoms with E-state index in [9.17, 15) is 4.79 Å². The lowest BCUT2D eigenvalue weighted by Gasteiger charge is -2.06. The number of carboxylic acid groups (broad SMARTS) is 1. The molecule has 1 aromatic rings. The molecule has 0 atom stereocenters. The van der Waals surface area contributed by atoms with Crippen LogP contribution in [0.15, 0.2) is 24.3 Å². The summed E-state index contributed by atoms with van der Waals surface area (Å²) in [5.41, 5.74) is 0.659. The molecule has 1 N–H and O–H groups in total. The number of ether oxygens (including phenoxy) is 1. The van der Waals surface area contributed by atoms with Gasteiger partial charge in [0.15, 0.2) is 0 Å². The van der Waals surface area contributed by atoms with Gasteiger partial charge in [0.1, 0.15) is 5.75 Å². The summed E-state index contributed by atoms with van der Waals surface area (Å²) in [6.45, 7) is 2.38. The zero-order chi connectivity index (χ0) is 11.3. The Balaban J connectivity index is 3.01. The first-order valence-electron chi connectivity index (χ1n) is 4.47. The molecule has 3 nitrogen and oxygen atoms in total. The Kier molecular flexibility index (Phi) is 4.18. The predicted octanol–water partition coefficient (Wildman–Crippen LogP) is 2.84. The van der Waals surface area contributed by atoms with Gasteiger partial charge in [0.05, 0.1) is 6.61 Å². The Hall–Kier alpha value is -1.48. The van der Waals surface area contributed by atoms with Gasteiger partial charge in [0.2, 0.25) is 0 Å². The van der Waals surface area contributed by atoms with Gasteiger partial charge in [-0.2, -0.15) is 0 Å². The molecule has 0 radical (unpaired) electrons. The molecule has 0 unspecified atom stereocenters. The zero-order valence-corrected chi connectivity index (χ0v) is 8.99. The van der Waals surface area contributed by atoms with Gasteiger partial charge in [-0.3, -0.25) is 0 Å². The lowest BCUT2D eigenvalue weighted by molar-refractivity contribution is -0.131. The van der Waals surface area contributed by atoms with Crippen LogP contribution in [0.25, 0.3) is 6.08 Å². The summed E-state index contributed by atoms with van der Waals surface area (Å²) < 4.78 is 5.32. The molecule has 4 heteroatoms. The molecular formula is C11H11ClO3. The molecule has 0 amide bonds. The van der Waals surface area contributed by atoms with Crippen molar-refractivity contribution in [3.8, 4) is 5.75 Å². The normalized spacial score (nSPS) is 10.5. The molecule has 0 saturated heterocycles. The van der Waals surface area contributed by atoms with Crippen LogP contribution in [0.3, 0.4) is 0 Å². The third-order valence-electron chi connectivity index (χ3n) is 1.68. The molecule has 15 heavy (non-hydrogen) atoms. The highest BCUT2D eigenvalue weighted by atomic mass is 35.5. The van der Waals surface area contributed by atoms with Crippen LogP contribution in [0.1, 0.15) is 12.5 Å². The lowest BCUT2D eigenvalue weighted by atomic mass is 10.2. The SMILES string of the molecule is CCOc1ccc(Cl)cc1C=CC(=O)O. The van der Waals surface area contributed by atoms with Gasteiger partial charge in [-0.25, -0.2) is 4.79 Å². The monoisotopic (exact) mass is 226 g/mol. The number of rotatable bonds is 4. The van der Waals surface area contributed by atoms with E-state index >= 15 is 0 Å². The molecule has 80 valence electrons. The molecule has 0 aliphatic heterocycles. The van der Waals surface area contributed by atoms with Gasteiger partial charge in [-0.05, 0) is 31.2 Å². The largest absolute Gasteiger partial charge is 0.493 e. The van der Waals surface area contributed by atoms with E-state index in [1.165, 1.54) is 6.08 Å². The van der Waals surface area contributed by atoms with E-state index in [-0.39, 0.29) is 0 Å². The number of benzene rings is 1. The molecule has 1 aromatic carbocycles. The molecule has 0 aliphatic rings.